The summed E-state index contributed by atoms with van der Waals surface area (Å²) in [6.07, 6.45) is -0.0843. The SMILES string of the molecule is O=C1CC(S(=O)(=O)Cl)CN1c1ccc2ncsc2c1Br. The lowest BCUT2D eigenvalue weighted by molar-refractivity contribution is -0.117. The predicted molar refractivity (Wildman–Crippen MR) is 82.9 cm³/mol. The maximum Gasteiger partial charge on any atom is 0.237 e. The number of carbonyl (C=O) groups excluding carboxylic acids is 1. The summed E-state index contributed by atoms with van der Waals surface area (Å²) < 4.78 is 24.4. The minimum atomic E-state index is -3.74. The summed E-state index contributed by atoms with van der Waals surface area (Å²) in [5.74, 6) is -0.246. The molecule has 3 rings (SSSR count). The fourth-order valence-corrected chi connectivity index (χ4v) is 4.77. The molecule has 0 spiro atoms. The molecule has 1 aliphatic heterocycles. The molecule has 0 saturated carbocycles. The van der Waals surface area contributed by atoms with E-state index in [1.165, 1.54) is 16.2 Å². The number of thiazole rings is 1. The molecule has 5 nitrogen and oxygen atoms in total. The molecule has 1 fully saturated rings. The van der Waals surface area contributed by atoms with Crippen LogP contribution in [-0.2, 0) is 13.8 Å². The molecule has 2 aromatic rings. The van der Waals surface area contributed by atoms with E-state index in [0.717, 1.165) is 14.7 Å². The van der Waals surface area contributed by atoms with Crippen molar-refractivity contribution in [1.82, 2.24) is 4.98 Å². The summed E-state index contributed by atoms with van der Waals surface area (Å²) in [6, 6.07) is 3.56. The largest absolute Gasteiger partial charge is 0.310 e. The highest BCUT2D eigenvalue weighted by Crippen LogP contribution is 2.38. The number of hydrogen-bond acceptors (Lipinski definition) is 5. The zero-order chi connectivity index (χ0) is 14.5. The summed E-state index contributed by atoms with van der Waals surface area (Å²) in [7, 11) is 1.61. The maximum atomic E-state index is 12.0. The van der Waals surface area contributed by atoms with Gasteiger partial charge in [-0.05, 0) is 28.1 Å². The summed E-state index contributed by atoms with van der Waals surface area (Å²) in [4.78, 5) is 17.7. The van der Waals surface area contributed by atoms with Crippen LogP contribution in [-0.4, -0.2) is 31.1 Å². The van der Waals surface area contributed by atoms with E-state index in [1.807, 2.05) is 6.07 Å². The third kappa shape index (κ3) is 2.34. The fraction of sp³-hybridized carbons (Fsp3) is 0.273. The van der Waals surface area contributed by atoms with Crippen molar-refractivity contribution in [3.8, 4) is 0 Å². The first-order valence-electron chi connectivity index (χ1n) is 5.63. The Bertz CT molecular complexity index is 805. The molecular formula is C11H8BrClN2O3S2. The van der Waals surface area contributed by atoms with Gasteiger partial charge < -0.3 is 4.90 Å². The molecular weight excluding hydrogens is 388 g/mol. The number of nitrogens with zero attached hydrogens (tertiary/aromatic N) is 2. The van der Waals surface area contributed by atoms with Gasteiger partial charge in [0.25, 0.3) is 0 Å². The number of fused-ring (bicyclic) bond motifs is 1. The van der Waals surface area contributed by atoms with Crippen molar-refractivity contribution in [3.05, 3.63) is 22.1 Å². The Kier molecular flexibility index (Phi) is 3.52. The Morgan fingerprint density at radius 3 is 2.85 bits per heavy atom. The van der Waals surface area contributed by atoms with Crippen LogP contribution < -0.4 is 4.90 Å². The third-order valence-corrected chi connectivity index (χ3v) is 6.99. The Morgan fingerprint density at radius 2 is 2.20 bits per heavy atom. The van der Waals surface area contributed by atoms with Gasteiger partial charge in [-0.3, -0.25) is 4.79 Å². The number of hydrogen-bond donors (Lipinski definition) is 0. The smallest absolute Gasteiger partial charge is 0.237 e. The Morgan fingerprint density at radius 1 is 1.45 bits per heavy atom. The Balaban J connectivity index is 2.03. The van der Waals surface area contributed by atoms with Gasteiger partial charge in [-0.1, -0.05) is 0 Å². The summed E-state index contributed by atoms with van der Waals surface area (Å²) in [5, 5.41) is -0.860. The van der Waals surface area contributed by atoms with Gasteiger partial charge >= 0.3 is 0 Å². The first-order valence-corrected chi connectivity index (χ1v) is 9.68. The molecule has 1 amide bonds. The van der Waals surface area contributed by atoms with Crippen LogP contribution in [0.25, 0.3) is 10.2 Å². The second kappa shape index (κ2) is 4.94. The van der Waals surface area contributed by atoms with Gasteiger partial charge in [-0.2, -0.15) is 0 Å². The molecule has 1 aliphatic rings. The third-order valence-electron chi connectivity index (χ3n) is 3.20. The van der Waals surface area contributed by atoms with Crippen molar-refractivity contribution in [2.24, 2.45) is 0 Å². The standard InChI is InChI=1S/C11H8BrClN2O3S2/c12-10-8(2-1-7-11(10)19-5-14-7)15-4-6(3-9(15)16)20(13,17)18/h1-2,5-6H,3-4H2. The fourth-order valence-electron chi connectivity index (χ4n) is 2.19. The van der Waals surface area contributed by atoms with E-state index in [-0.39, 0.29) is 18.9 Å². The molecule has 2 heterocycles. The summed E-state index contributed by atoms with van der Waals surface area (Å²) in [6.45, 7) is 0.0770. The van der Waals surface area contributed by atoms with Gasteiger partial charge in [0, 0.05) is 23.6 Å². The van der Waals surface area contributed by atoms with Crippen molar-refractivity contribution in [3.63, 3.8) is 0 Å². The lowest BCUT2D eigenvalue weighted by Crippen LogP contribution is -2.27. The van der Waals surface area contributed by atoms with E-state index >= 15 is 0 Å². The van der Waals surface area contributed by atoms with Crippen molar-refractivity contribution in [1.29, 1.82) is 0 Å². The first-order chi connectivity index (χ1) is 9.38. The zero-order valence-electron chi connectivity index (χ0n) is 9.92. The van der Waals surface area contributed by atoms with E-state index in [4.69, 9.17) is 10.7 Å². The molecule has 1 atom stereocenters. The number of benzene rings is 1. The summed E-state index contributed by atoms with van der Waals surface area (Å²) in [5.41, 5.74) is 3.20. The van der Waals surface area contributed by atoms with Gasteiger partial charge in [0.2, 0.25) is 15.0 Å². The van der Waals surface area contributed by atoms with Crippen LogP contribution in [0.4, 0.5) is 5.69 Å². The van der Waals surface area contributed by atoms with Crippen molar-refractivity contribution >= 4 is 68.8 Å². The quantitative estimate of drug-likeness (QED) is 0.733. The average Bonchev–Trinajstić information content (AvgIpc) is 2.96. The molecule has 0 bridgehead atoms. The topological polar surface area (TPSA) is 67.3 Å². The average molecular weight is 396 g/mol. The summed E-state index contributed by atoms with van der Waals surface area (Å²) >= 11 is 4.92. The number of carbonyl (C=O) groups is 1. The molecule has 20 heavy (non-hydrogen) atoms. The van der Waals surface area contributed by atoms with Crippen LogP contribution in [0, 0.1) is 0 Å². The number of aromatic nitrogens is 1. The number of anilines is 1. The molecule has 106 valence electrons. The normalized spacial score (nSPS) is 20.0. The highest BCUT2D eigenvalue weighted by Gasteiger charge is 2.38. The molecule has 1 saturated heterocycles. The molecule has 1 aromatic carbocycles. The van der Waals surface area contributed by atoms with Crippen LogP contribution in [0.5, 0.6) is 0 Å². The molecule has 0 radical (unpaired) electrons. The van der Waals surface area contributed by atoms with Crippen LogP contribution in [0.2, 0.25) is 0 Å². The van der Waals surface area contributed by atoms with Crippen LogP contribution in [0.3, 0.4) is 0 Å². The Hall–Kier alpha value is -0.700. The number of rotatable bonds is 2. The van der Waals surface area contributed by atoms with Crippen molar-refractivity contribution in [2.45, 2.75) is 11.7 Å². The van der Waals surface area contributed by atoms with Crippen LogP contribution in [0.1, 0.15) is 6.42 Å². The van der Waals surface area contributed by atoms with Gasteiger partial charge in [-0.25, -0.2) is 13.4 Å². The Labute approximate surface area is 132 Å². The lowest BCUT2D eigenvalue weighted by atomic mass is 10.3. The van der Waals surface area contributed by atoms with Gasteiger partial charge in [-0.15, -0.1) is 11.3 Å². The van der Waals surface area contributed by atoms with Crippen molar-refractivity contribution < 1.29 is 13.2 Å². The van der Waals surface area contributed by atoms with E-state index in [9.17, 15) is 13.2 Å². The van der Waals surface area contributed by atoms with Crippen LogP contribution in [0.15, 0.2) is 22.1 Å². The second-order valence-corrected chi connectivity index (χ2v) is 8.96. The highest BCUT2D eigenvalue weighted by atomic mass is 79.9. The maximum absolute atomic E-state index is 12.0. The minimum Gasteiger partial charge on any atom is -0.310 e. The number of amides is 1. The molecule has 1 aromatic heterocycles. The van der Waals surface area contributed by atoms with Gasteiger partial charge in [0.05, 0.1) is 25.9 Å². The first kappa shape index (κ1) is 14.2. The lowest BCUT2D eigenvalue weighted by Gasteiger charge is -2.18. The molecule has 1 unspecified atom stereocenters. The molecule has 0 aliphatic carbocycles. The molecule has 9 heteroatoms. The van der Waals surface area contributed by atoms with Gasteiger partial charge in [0.1, 0.15) is 5.25 Å². The monoisotopic (exact) mass is 394 g/mol. The van der Waals surface area contributed by atoms with E-state index < -0.39 is 14.3 Å². The predicted octanol–water partition coefficient (Wildman–Crippen LogP) is 2.73. The minimum absolute atomic E-state index is 0.0770. The highest BCUT2D eigenvalue weighted by molar-refractivity contribution is 9.10. The number of halogens is 2. The van der Waals surface area contributed by atoms with Crippen LogP contribution >= 0.6 is 37.9 Å². The van der Waals surface area contributed by atoms with Crippen molar-refractivity contribution in [2.75, 3.05) is 11.4 Å². The van der Waals surface area contributed by atoms with E-state index in [2.05, 4.69) is 20.9 Å². The van der Waals surface area contributed by atoms with Gasteiger partial charge in [0.15, 0.2) is 0 Å². The second-order valence-electron chi connectivity index (χ2n) is 4.41. The van der Waals surface area contributed by atoms with E-state index in [0.29, 0.717) is 5.69 Å². The van der Waals surface area contributed by atoms with E-state index in [1.54, 1.807) is 11.6 Å². The molecule has 0 N–H and O–H groups in total. The zero-order valence-corrected chi connectivity index (χ0v) is 13.9.